The van der Waals surface area contributed by atoms with Crippen LogP contribution in [0.1, 0.15) is 43.0 Å². The molecule has 0 aliphatic rings. The van der Waals surface area contributed by atoms with Crippen LogP contribution in [0.4, 0.5) is 4.79 Å². The second-order valence-corrected chi connectivity index (χ2v) is 5.83. The van der Waals surface area contributed by atoms with Gasteiger partial charge < -0.3 is 20.5 Å². The molecule has 0 fully saturated rings. The highest BCUT2D eigenvalue weighted by molar-refractivity contribution is 5.75. The third-order valence-corrected chi connectivity index (χ3v) is 4.16. The standard InChI is InChI=1S/C20H26N2O3/c1-3-18(16-9-11-17(25-2)12-10-16)21-20(24)22-19(13-14-23)15-7-5-4-6-8-15/h4-12,18-19,23H,3,13-14H2,1-2H3,(H2,21,22,24)/t18?,19-/m1/s1. The first kappa shape index (κ1) is 18.8. The van der Waals surface area contributed by atoms with Crippen LogP contribution in [0.25, 0.3) is 0 Å². The lowest BCUT2D eigenvalue weighted by molar-refractivity contribution is 0.225. The fraction of sp³-hybridized carbons (Fsp3) is 0.350. The molecular weight excluding hydrogens is 316 g/mol. The van der Waals surface area contributed by atoms with E-state index in [0.717, 1.165) is 23.3 Å². The number of amides is 2. The number of rotatable bonds is 8. The van der Waals surface area contributed by atoms with Crippen molar-refractivity contribution in [3.8, 4) is 5.75 Å². The maximum Gasteiger partial charge on any atom is 0.315 e. The maximum atomic E-state index is 12.4. The number of hydrogen-bond acceptors (Lipinski definition) is 3. The van der Waals surface area contributed by atoms with Crippen LogP contribution in [-0.2, 0) is 0 Å². The number of aliphatic hydroxyl groups excluding tert-OH is 1. The molecule has 1 unspecified atom stereocenters. The summed E-state index contributed by atoms with van der Waals surface area (Å²) in [6, 6.07) is 16.8. The van der Waals surface area contributed by atoms with Gasteiger partial charge in [0.1, 0.15) is 5.75 Å². The third-order valence-electron chi connectivity index (χ3n) is 4.16. The van der Waals surface area contributed by atoms with Gasteiger partial charge in [0.15, 0.2) is 0 Å². The van der Waals surface area contributed by atoms with Gasteiger partial charge in [-0.15, -0.1) is 0 Å². The zero-order valence-corrected chi connectivity index (χ0v) is 14.7. The zero-order chi connectivity index (χ0) is 18.1. The topological polar surface area (TPSA) is 70.6 Å². The minimum atomic E-state index is -0.245. The Balaban J connectivity index is 2.02. The summed E-state index contributed by atoms with van der Waals surface area (Å²) < 4.78 is 5.17. The third kappa shape index (κ3) is 5.50. The average Bonchev–Trinajstić information content (AvgIpc) is 2.66. The van der Waals surface area contributed by atoms with Crippen LogP contribution >= 0.6 is 0 Å². The van der Waals surface area contributed by atoms with Crippen molar-refractivity contribution in [2.24, 2.45) is 0 Å². The SMILES string of the molecule is CCC(NC(=O)N[C@H](CCO)c1ccccc1)c1ccc(OC)cc1. The average molecular weight is 342 g/mol. The van der Waals surface area contributed by atoms with E-state index in [1.165, 1.54) is 0 Å². The Morgan fingerprint density at radius 1 is 1.00 bits per heavy atom. The van der Waals surface area contributed by atoms with Crippen molar-refractivity contribution >= 4 is 6.03 Å². The van der Waals surface area contributed by atoms with Gasteiger partial charge in [0.05, 0.1) is 19.2 Å². The van der Waals surface area contributed by atoms with Gasteiger partial charge in [-0.2, -0.15) is 0 Å². The van der Waals surface area contributed by atoms with E-state index in [2.05, 4.69) is 10.6 Å². The Morgan fingerprint density at radius 2 is 1.60 bits per heavy atom. The first-order valence-corrected chi connectivity index (χ1v) is 8.54. The molecule has 3 N–H and O–H groups in total. The van der Waals surface area contributed by atoms with Gasteiger partial charge in [0.25, 0.3) is 0 Å². The number of benzene rings is 2. The second kappa shape index (κ2) is 9.69. The highest BCUT2D eigenvalue weighted by Gasteiger charge is 2.17. The van der Waals surface area contributed by atoms with Crippen molar-refractivity contribution in [2.75, 3.05) is 13.7 Å². The van der Waals surface area contributed by atoms with E-state index in [-0.39, 0.29) is 24.7 Å². The van der Waals surface area contributed by atoms with Crippen molar-refractivity contribution in [1.29, 1.82) is 0 Å². The lowest BCUT2D eigenvalue weighted by atomic mass is 10.0. The van der Waals surface area contributed by atoms with Gasteiger partial charge in [-0.25, -0.2) is 4.79 Å². The Bertz CT molecular complexity index is 644. The predicted molar refractivity (Wildman–Crippen MR) is 98.6 cm³/mol. The Hall–Kier alpha value is -2.53. The van der Waals surface area contributed by atoms with E-state index in [1.807, 2.05) is 61.5 Å². The minimum absolute atomic E-state index is 0.00945. The quantitative estimate of drug-likeness (QED) is 0.687. The molecule has 0 aliphatic carbocycles. The van der Waals surface area contributed by atoms with Gasteiger partial charge in [-0.05, 0) is 36.1 Å². The Morgan fingerprint density at radius 3 is 2.16 bits per heavy atom. The molecule has 134 valence electrons. The molecule has 5 nitrogen and oxygen atoms in total. The maximum absolute atomic E-state index is 12.4. The molecule has 0 aliphatic heterocycles. The van der Waals surface area contributed by atoms with Crippen molar-refractivity contribution in [1.82, 2.24) is 10.6 Å². The highest BCUT2D eigenvalue weighted by Crippen LogP contribution is 2.21. The first-order chi connectivity index (χ1) is 12.2. The van der Waals surface area contributed by atoms with Gasteiger partial charge in [0.2, 0.25) is 0 Å². The number of urea groups is 1. The molecule has 2 atom stereocenters. The summed E-state index contributed by atoms with van der Waals surface area (Å²) in [6.07, 6.45) is 1.24. The van der Waals surface area contributed by atoms with E-state index >= 15 is 0 Å². The molecule has 0 bridgehead atoms. The summed E-state index contributed by atoms with van der Waals surface area (Å²) in [6.45, 7) is 2.03. The number of carbonyl (C=O) groups is 1. The molecule has 0 saturated heterocycles. The van der Waals surface area contributed by atoms with Gasteiger partial charge in [-0.1, -0.05) is 49.4 Å². The molecule has 25 heavy (non-hydrogen) atoms. The number of hydrogen-bond donors (Lipinski definition) is 3. The van der Waals surface area contributed by atoms with Crippen molar-refractivity contribution in [3.63, 3.8) is 0 Å². The number of nitrogens with one attached hydrogen (secondary N) is 2. The summed E-state index contributed by atoms with van der Waals surface area (Å²) in [5.41, 5.74) is 2.00. The first-order valence-electron chi connectivity index (χ1n) is 8.54. The molecule has 0 heterocycles. The largest absolute Gasteiger partial charge is 0.497 e. The van der Waals surface area contributed by atoms with Crippen molar-refractivity contribution in [3.05, 3.63) is 65.7 Å². The van der Waals surface area contributed by atoms with E-state index in [4.69, 9.17) is 4.74 Å². The Labute approximate surface area is 149 Å². The summed E-state index contributed by atoms with van der Waals surface area (Å²) in [5, 5.41) is 15.2. The van der Waals surface area contributed by atoms with Crippen LogP contribution in [-0.4, -0.2) is 24.9 Å². The molecule has 2 rings (SSSR count). The lowest BCUT2D eigenvalue weighted by Crippen LogP contribution is -2.40. The number of aliphatic hydroxyl groups is 1. The van der Waals surface area contributed by atoms with Gasteiger partial charge in [-0.3, -0.25) is 0 Å². The highest BCUT2D eigenvalue weighted by atomic mass is 16.5. The summed E-state index contributed by atoms with van der Waals surface area (Å²) in [7, 11) is 1.63. The fourth-order valence-corrected chi connectivity index (χ4v) is 2.75. The molecule has 2 aromatic carbocycles. The van der Waals surface area contributed by atoms with Crippen molar-refractivity contribution < 1.29 is 14.6 Å². The van der Waals surface area contributed by atoms with Crippen LogP contribution in [0.2, 0.25) is 0 Å². The van der Waals surface area contributed by atoms with E-state index < -0.39 is 0 Å². The molecule has 0 radical (unpaired) electrons. The van der Waals surface area contributed by atoms with Gasteiger partial charge >= 0.3 is 6.03 Å². The molecule has 0 spiro atoms. The van der Waals surface area contributed by atoms with E-state index in [9.17, 15) is 9.90 Å². The summed E-state index contributed by atoms with van der Waals surface area (Å²) >= 11 is 0. The zero-order valence-electron chi connectivity index (χ0n) is 14.7. The molecule has 2 aromatic rings. The summed E-state index contributed by atoms with van der Waals surface area (Å²) in [5.74, 6) is 0.787. The van der Waals surface area contributed by atoms with Crippen LogP contribution in [0, 0.1) is 0 Å². The monoisotopic (exact) mass is 342 g/mol. The van der Waals surface area contributed by atoms with E-state index in [1.54, 1.807) is 7.11 Å². The molecule has 2 amide bonds. The second-order valence-electron chi connectivity index (χ2n) is 5.83. The summed E-state index contributed by atoms with van der Waals surface area (Å²) in [4.78, 5) is 12.4. The normalized spacial score (nSPS) is 12.9. The number of ether oxygens (including phenoxy) is 1. The Kier molecular flexibility index (Phi) is 7.29. The molecule has 0 saturated carbocycles. The van der Waals surface area contributed by atoms with Crippen LogP contribution in [0.3, 0.4) is 0 Å². The van der Waals surface area contributed by atoms with Crippen LogP contribution < -0.4 is 15.4 Å². The lowest BCUT2D eigenvalue weighted by Gasteiger charge is -2.22. The van der Waals surface area contributed by atoms with E-state index in [0.29, 0.717) is 6.42 Å². The van der Waals surface area contributed by atoms with Crippen molar-refractivity contribution in [2.45, 2.75) is 31.8 Å². The molecule has 5 heteroatoms. The van der Waals surface area contributed by atoms with Gasteiger partial charge in [0, 0.05) is 6.61 Å². The fourth-order valence-electron chi connectivity index (χ4n) is 2.75. The smallest absolute Gasteiger partial charge is 0.315 e. The van der Waals surface area contributed by atoms with Crippen LogP contribution in [0.15, 0.2) is 54.6 Å². The molecular formula is C20H26N2O3. The predicted octanol–water partition coefficient (Wildman–Crippen LogP) is 3.57. The molecule has 0 aromatic heterocycles. The van der Waals surface area contributed by atoms with Crippen LogP contribution in [0.5, 0.6) is 5.75 Å². The number of carbonyl (C=O) groups excluding carboxylic acids is 1. The minimum Gasteiger partial charge on any atom is -0.497 e. The number of methoxy groups -OCH3 is 1.